The second kappa shape index (κ2) is 6.20. The van der Waals surface area contributed by atoms with E-state index in [-0.39, 0.29) is 5.82 Å². The zero-order chi connectivity index (χ0) is 14.0. The van der Waals surface area contributed by atoms with Crippen LogP contribution in [-0.2, 0) is 6.54 Å². The van der Waals surface area contributed by atoms with E-state index in [1.165, 1.54) is 6.42 Å². The van der Waals surface area contributed by atoms with Crippen LogP contribution >= 0.6 is 15.9 Å². The van der Waals surface area contributed by atoms with Crippen molar-refractivity contribution >= 4 is 21.6 Å². The first-order valence-corrected chi connectivity index (χ1v) is 7.38. The standard InChI is InChI=1S/C14H21BrFN3/c1-18-6-5-10(8-18)9-19(2)12-4-3-11(7-17)13(15)14(12)16/h3-4,10H,5-9,17H2,1-2H3. The predicted octanol–water partition coefficient (Wildman–Crippen LogP) is 2.43. The Morgan fingerprint density at radius 1 is 1.53 bits per heavy atom. The zero-order valence-electron chi connectivity index (χ0n) is 11.5. The Morgan fingerprint density at radius 2 is 2.26 bits per heavy atom. The topological polar surface area (TPSA) is 32.5 Å². The number of hydrogen-bond donors (Lipinski definition) is 1. The molecule has 0 bridgehead atoms. The van der Waals surface area contributed by atoms with Gasteiger partial charge in [0.2, 0.25) is 0 Å². The van der Waals surface area contributed by atoms with Gasteiger partial charge in [-0.25, -0.2) is 4.39 Å². The van der Waals surface area contributed by atoms with Gasteiger partial charge in [-0.1, -0.05) is 6.07 Å². The highest BCUT2D eigenvalue weighted by Crippen LogP contribution is 2.29. The number of anilines is 1. The molecule has 1 unspecified atom stereocenters. The molecule has 1 aliphatic heterocycles. The fourth-order valence-electron chi connectivity index (χ4n) is 2.69. The first-order chi connectivity index (χ1) is 9.02. The lowest BCUT2D eigenvalue weighted by atomic mass is 10.1. The van der Waals surface area contributed by atoms with E-state index in [1.54, 1.807) is 0 Å². The maximum absolute atomic E-state index is 14.3. The zero-order valence-corrected chi connectivity index (χ0v) is 13.1. The number of likely N-dealkylation sites (tertiary alicyclic amines) is 1. The molecule has 0 radical (unpaired) electrons. The molecule has 0 saturated carbocycles. The second-order valence-electron chi connectivity index (χ2n) is 5.37. The van der Waals surface area contributed by atoms with Crippen LogP contribution in [0.4, 0.5) is 10.1 Å². The van der Waals surface area contributed by atoms with Crippen molar-refractivity contribution in [3.8, 4) is 0 Å². The minimum absolute atomic E-state index is 0.211. The summed E-state index contributed by atoms with van der Waals surface area (Å²) in [6.45, 7) is 3.45. The molecule has 5 heteroatoms. The van der Waals surface area contributed by atoms with Crippen molar-refractivity contribution in [2.75, 3.05) is 38.6 Å². The van der Waals surface area contributed by atoms with Crippen molar-refractivity contribution in [1.29, 1.82) is 0 Å². The highest BCUT2D eigenvalue weighted by Gasteiger charge is 2.22. The van der Waals surface area contributed by atoms with E-state index in [0.29, 0.717) is 22.6 Å². The van der Waals surface area contributed by atoms with Crippen molar-refractivity contribution in [3.63, 3.8) is 0 Å². The first-order valence-electron chi connectivity index (χ1n) is 6.59. The number of halogens is 2. The Bertz CT molecular complexity index is 453. The lowest BCUT2D eigenvalue weighted by molar-refractivity contribution is 0.395. The van der Waals surface area contributed by atoms with E-state index in [1.807, 2.05) is 24.1 Å². The van der Waals surface area contributed by atoms with Crippen LogP contribution in [0, 0.1) is 11.7 Å². The second-order valence-corrected chi connectivity index (χ2v) is 6.17. The van der Waals surface area contributed by atoms with Crippen LogP contribution in [0.2, 0.25) is 0 Å². The maximum atomic E-state index is 14.3. The third-order valence-corrected chi connectivity index (χ3v) is 4.65. The van der Waals surface area contributed by atoms with Gasteiger partial charge in [0.25, 0.3) is 0 Å². The summed E-state index contributed by atoms with van der Waals surface area (Å²) in [5.41, 5.74) is 7.02. The van der Waals surface area contributed by atoms with Crippen LogP contribution in [0.3, 0.4) is 0 Å². The van der Waals surface area contributed by atoms with Crippen LogP contribution in [-0.4, -0.2) is 38.6 Å². The van der Waals surface area contributed by atoms with Crippen LogP contribution in [0.1, 0.15) is 12.0 Å². The summed E-state index contributed by atoms with van der Waals surface area (Å²) in [5.74, 6) is 0.402. The molecule has 106 valence electrons. The maximum Gasteiger partial charge on any atom is 0.160 e. The fraction of sp³-hybridized carbons (Fsp3) is 0.571. The van der Waals surface area contributed by atoms with Gasteiger partial charge in [0.1, 0.15) is 0 Å². The lowest BCUT2D eigenvalue weighted by Gasteiger charge is -2.24. The van der Waals surface area contributed by atoms with Crippen LogP contribution in [0.5, 0.6) is 0 Å². The van der Waals surface area contributed by atoms with Crippen molar-refractivity contribution in [2.45, 2.75) is 13.0 Å². The number of hydrogen-bond acceptors (Lipinski definition) is 3. The summed E-state index contributed by atoms with van der Waals surface area (Å²) in [6.07, 6.45) is 1.19. The van der Waals surface area contributed by atoms with E-state index >= 15 is 0 Å². The quantitative estimate of drug-likeness (QED) is 0.920. The molecule has 1 heterocycles. The van der Waals surface area contributed by atoms with Gasteiger partial charge in [0, 0.05) is 26.7 Å². The summed E-state index contributed by atoms with van der Waals surface area (Å²) >= 11 is 3.29. The summed E-state index contributed by atoms with van der Waals surface area (Å²) in [4.78, 5) is 4.33. The SMILES string of the molecule is CN1CCC(CN(C)c2ccc(CN)c(Br)c2F)C1. The molecule has 1 atom stereocenters. The van der Waals surface area contributed by atoms with Crippen LogP contribution < -0.4 is 10.6 Å². The number of nitrogens with two attached hydrogens (primary N) is 1. The Hall–Kier alpha value is -0.650. The van der Waals surface area contributed by atoms with Gasteiger partial charge in [0.05, 0.1) is 10.2 Å². The normalized spacial score (nSPS) is 19.9. The summed E-state index contributed by atoms with van der Waals surface area (Å²) < 4.78 is 14.8. The minimum Gasteiger partial charge on any atom is -0.372 e. The lowest BCUT2D eigenvalue weighted by Crippen LogP contribution is -2.28. The molecule has 1 fully saturated rings. The smallest absolute Gasteiger partial charge is 0.160 e. The average Bonchev–Trinajstić information content (AvgIpc) is 2.78. The van der Waals surface area contributed by atoms with E-state index in [2.05, 4.69) is 27.9 Å². The van der Waals surface area contributed by atoms with Crippen molar-refractivity contribution in [2.24, 2.45) is 11.7 Å². The fourth-order valence-corrected chi connectivity index (χ4v) is 3.19. The van der Waals surface area contributed by atoms with Gasteiger partial charge >= 0.3 is 0 Å². The highest BCUT2D eigenvalue weighted by atomic mass is 79.9. The minimum atomic E-state index is -0.211. The third kappa shape index (κ3) is 3.27. The summed E-state index contributed by atoms with van der Waals surface area (Å²) in [7, 11) is 4.08. The molecular weight excluding hydrogens is 309 g/mol. The molecule has 1 aromatic carbocycles. The Morgan fingerprint density at radius 3 is 2.84 bits per heavy atom. The number of benzene rings is 1. The molecule has 1 saturated heterocycles. The van der Waals surface area contributed by atoms with Crippen molar-refractivity contribution in [3.05, 3.63) is 28.0 Å². The van der Waals surface area contributed by atoms with Gasteiger partial charge < -0.3 is 15.5 Å². The van der Waals surface area contributed by atoms with Crippen molar-refractivity contribution < 1.29 is 4.39 Å². The molecule has 2 N–H and O–H groups in total. The van der Waals surface area contributed by atoms with Gasteiger partial charge in [-0.2, -0.15) is 0 Å². The monoisotopic (exact) mass is 329 g/mol. The first kappa shape index (κ1) is 14.8. The Balaban J connectivity index is 2.11. The molecule has 3 nitrogen and oxygen atoms in total. The molecule has 1 aromatic rings. The van der Waals surface area contributed by atoms with Gasteiger partial charge in [-0.05, 0) is 53.5 Å². The van der Waals surface area contributed by atoms with Crippen LogP contribution in [0.25, 0.3) is 0 Å². The van der Waals surface area contributed by atoms with Crippen molar-refractivity contribution in [1.82, 2.24) is 4.90 Å². The third-order valence-electron chi connectivity index (χ3n) is 3.79. The van der Waals surface area contributed by atoms with E-state index in [4.69, 9.17) is 5.73 Å². The average molecular weight is 330 g/mol. The molecule has 1 aliphatic rings. The van der Waals surface area contributed by atoms with E-state index in [0.717, 1.165) is 25.2 Å². The van der Waals surface area contributed by atoms with E-state index < -0.39 is 0 Å². The van der Waals surface area contributed by atoms with Gasteiger partial charge in [0.15, 0.2) is 5.82 Å². The molecular formula is C14H21BrFN3. The molecule has 2 rings (SSSR count). The Labute approximate surface area is 122 Å². The summed E-state index contributed by atoms with van der Waals surface area (Å²) in [6, 6.07) is 3.71. The Kier molecular flexibility index (Phi) is 4.81. The van der Waals surface area contributed by atoms with Crippen LogP contribution in [0.15, 0.2) is 16.6 Å². The number of rotatable bonds is 4. The van der Waals surface area contributed by atoms with Gasteiger partial charge in [-0.3, -0.25) is 0 Å². The van der Waals surface area contributed by atoms with Gasteiger partial charge in [-0.15, -0.1) is 0 Å². The number of nitrogens with zero attached hydrogens (tertiary/aromatic N) is 2. The molecule has 0 spiro atoms. The largest absolute Gasteiger partial charge is 0.372 e. The van der Waals surface area contributed by atoms with E-state index in [9.17, 15) is 4.39 Å². The summed E-state index contributed by atoms with van der Waals surface area (Å²) in [5, 5.41) is 0. The predicted molar refractivity (Wildman–Crippen MR) is 80.9 cm³/mol. The molecule has 0 aromatic heterocycles. The highest BCUT2D eigenvalue weighted by molar-refractivity contribution is 9.10. The molecule has 0 amide bonds. The molecule has 0 aliphatic carbocycles. The molecule has 19 heavy (non-hydrogen) atoms.